The van der Waals surface area contributed by atoms with Crippen LogP contribution in [0.25, 0.3) is 0 Å². The van der Waals surface area contributed by atoms with Crippen LogP contribution in [0.3, 0.4) is 0 Å². The third kappa shape index (κ3) is 1.55. The second-order valence-corrected chi connectivity index (χ2v) is 4.10. The molecule has 2 atom stereocenters. The monoisotopic (exact) mass is 179 g/mol. The quantitative estimate of drug-likeness (QED) is 0.602. The number of nitrogens with zero attached hydrogens (tertiary/aromatic N) is 1. The number of ketones is 1. The van der Waals surface area contributed by atoms with Crippen LogP contribution in [-0.2, 0) is 4.79 Å². The first-order chi connectivity index (χ1) is 6.33. The van der Waals surface area contributed by atoms with E-state index in [0.717, 1.165) is 19.4 Å². The van der Waals surface area contributed by atoms with E-state index in [2.05, 4.69) is 11.5 Å². The third-order valence-electron chi connectivity index (χ3n) is 3.27. The van der Waals surface area contributed by atoms with Crippen LogP contribution in [0.2, 0.25) is 0 Å². The van der Waals surface area contributed by atoms with Gasteiger partial charge in [0.1, 0.15) is 0 Å². The van der Waals surface area contributed by atoms with Crippen LogP contribution in [0.15, 0.2) is 12.7 Å². The van der Waals surface area contributed by atoms with Gasteiger partial charge in [-0.2, -0.15) is 0 Å². The zero-order valence-corrected chi connectivity index (χ0v) is 8.04. The summed E-state index contributed by atoms with van der Waals surface area (Å²) in [4.78, 5) is 14.0. The average molecular weight is 179 g/mol. The van der Waals surface area contributed by atoms with Crippen molar-refractivity contribution in [2.75, 3.05) is 6.54 Å². The van der Waals surface area contributed by atoms with E-state index in [4.69, 9.17) is 0 Å². The Bertz CT molecular complexity index is 224. The lowest BCUT2D eigenvalue weighted by Crippen LogP contribution is -2.40. The smallest absolute Gasteiger partial charge is 0.151 e. The molecule has 0 N–H and O–H groups in total. The number of fused-ring (bicyclic) bond motifs is 1. The zero-order valence-electron chi connectivity index (χ0n) is 8.04. The molecule has 0 aromatic heterocycles. The van der Waals surface area contributed by atoms with Crippen molar-refractivity contribution in [2.45, 2.75) is 44.2 Å². The Morgan fingerprint density at radius 2 is 2.38 bits per heavy atom. The number of hydrogen-bond donors (Lipinski definition) is 0. The lowest BCUT2D eigenvalue weighted by atomic mass is 10.0. The molecular formula is C11H17NO. The molecule has 0 aromatic rings. The van der Waals surface area contributed by atoms with Crippen molar-refractivity contribution < 1.29 is 4.79 Å². The Kier molecular flexibility index (Phi) is 2.49. The molecule has 2 fully saturated rings. The summed E-state index contributed by atoms with van der Waals surface area (Å²) < 4.78 is 0. The summed E-state index contributed by atoms with van der Waals surface area (Å²) in [6.07, 6.45) is 7.29. The van der Waals surface area contributed by atoms with Crippen molar-refractivity contribution in [2.24, 2.45) is 0 Å². The summed E-state index contributed by atoms with van der Waals surface area (Å²) in [6.45, 7) is 4.84. The first-order valence-corrected chi connectivity index (χ1v) is 5.22. The SMILES string of the molecule is C=CC[C@H]1C(=O)C[C@@H]2CCCCN21. The van der Waals surface area contributed by atoms with Gasteiger partial charge in [0.15, 0.2) is 5.78 Å². The van der Waals surface area contributed by atoms with Crippen molar-refractivity contribution >= 4 is 5.78 Å². The Hall–Kier alpha value is -0.630. The van der Waals surface area contributed by atoms with Gasteiger partial charge in [0.25, 0.3) is 0 Å². The van der Waals surface area contributed by atoms with E-state index in [1.807, 2.05) is 6.08 Å². The van der Waals surface area contributed by atoms with E-state index in [0.29, 0.717) is 11.8 Å². The molecule has 0 unspecified atom stereocenters. The maximum atomic E-state index is 11.6. The second-order valence-electron chi connectivity index (χ2n) is 4.10. The molecule has 2 heteroatoms. The summed E-state index contributed by atoms with van der Waals surface area (Å²) in [5.74, 6) is 0.437. The average Bonchev–Trinajstić information content (AvgIpc) is 2.44. The van der Waals surface area contributed by atoms with E-state index in [1.165, 1.54) is 19.3 Å². The Labute approximate surface area is 79.6 Å². The van der Waals surface area contributed by atoms with Gasteiger partial charge in [-0.05, 0) is 25.8 Å². The van der Waals surface area contributed by atoms with E-state index < -0.39 is 0 Å². The number of carbonyl (C=O) groups is 1. The maximum Gasteiger partial charge on any atom is 0.151 e. The highest BCUT2D eigenvalue weighted by molar-refractivity contribution is 5.87. The highest BCUT2D eigenvalue weighted by Crippen LogP contribution is 2.30. The van der Waals surface area contributed by atoms with E-state index >= 15 is 0 Å². The number of carbonyl (C=O) groups excluding carboxylic acids is 1. The van der Waals surface area contributed by atoms with Crippen LogP contribution in [-0.4, -0.2) is 29.3 Å². The molecule has 2 aliphatic heterocycles. The van der Waals surface area contributed by atoms with E-state index in [-0.39, 0.29) is 6.04 Å². The number of Topliss-reactive ketones (excluding diaryl/α,β-unsaturated/α-hetero) is 1. The maximum absolute atomic E-state index is 11.6. The molecule has 2 aliphatic rings. The van der Waals surface area contributed by atoms with Gasteiger partial charge in [0.05, 0.1) is 6.04 Å². The molecule has 2 rings (SSSR count). The first-order valence-electron chi connectivity index (χ1n) is 5.22. The number of piperidine rings is 1. The van der Waals surface area contributed by atoms with Gasteiger partial charge in [-0.3, -0.25) is 9.69 Å². The van der Waals surface area contributed by atoms with Crippen LogP contribution in [0.1, 0.15) is 32.1 Å². The molecule has 13 heavy (non-hydrogen) atoms. The molecule has 2 heterocycles. The van der Waals surface area contributed by atoms with Gasteiger partial charge in [-0.1, -0.05) is 12.5 Å². The van der Waals surface area contributed by atoms with Gasteiger partial charge < -0.3 is 0 Å². The molecule has 0 spiro atoms. The van der Waals surface area contributed by atoms with Crippen LogP contribution >= 0.6 is 0 Å². The van der Waals surface area contributed by atoms with Crippen molar-refractivity contribution in [3.8, 4) is 0 Å². The Morgan fingerprint density at radius 3 is 3.15 bits per heavy atom. The summed E-state index contributed by atoms with van der Waals surface area (Å²) in [5, 5.41) is 0. The Balaban J connectivity index is 2.08. The van der Waals surface area contributed by atoms with Crippen molar-refractivity contribution in [3.05, 3.63) is 12.7 Å². The molecule has 0 saturated carbocycles. The van der Waals surface area contributed by atoms with Crippen molar-refractivity contribution in [3.63, 3.8) is 0 Å². The van der Waals surface area contributed by atoms with Crippen molar-refractivity contribution in [1.29, 1.82) is 0 Å². The number of hydrogen-bond acceptors (Lipinski definition) is 2. The molecule has 0 bridgehead atoms. The molecule has 2 saturated heterocycles. The topological polar surface area (TPSA) is 20.3 Å². The summed E-state index contributed by atoms with van der Waals surface area (Å²) in [7, 11) is 0. The molecule has 0 amide bonds. The highest BCUT2D eigenvalue weighted by Gasteiger charge is 2.39. The largest absolute Gasteiger partial charge is 0.298 e. The minimum Gasteiger partial charge on any atom is -0.298 e. The summed E-state index contributed by atoms with van der Waals surface area (Å²) >= 11 is 0. The fraction of sp³-hybridized carbons (Fsp3) is 0.727. The molecule has 72 valence electrons. The summed E-state index contributed by atoms with van der Waals surface area (Å²) in [5.41, 5.74) is 0. The van der Waals surface area contributed by atoms with Gasteiger partial charge in [-0.25, -0.2) is 0 Å². The molecule has 0 aromatic carbocycles. The predicted octanol–water partition coefficient (Wildman–Crippen LogP) is 1.76. The third-order valence-corrected chi connectivity index (χ3v) is 3.27. The molecule has 0 radical (unpaired) electrons. The zero-order chi connectivity index (χ0) is 9.26. The van der Waals surface area contributed by atoms with Gasteiger partial charge >= 0.3 is 0 Å². The predicted molar refractivity (Wildman–Crippen MR) is 52.6 cm³/mol. The minimum absolute atomic E-state index is 0.169. The fourth-order valence-electron chi connectivity index (χ4n) is 2.63. The van der Waals surface area contributed by atoms with Gasteiger partial charge in [0.2, 0.25) is 0 Å². The molecular weight excluding hydrogens is 162 g/mol. The highest BCUT2D eigenvalue weighted by atomic mass is 16.1. The van der Waals surface area contributed by atoms with E-state index in [9.17, 15) is 4.79 Å². The van der Waals surface area contributed by atoms with Crippen LogP contribution in [0.5, 0.6) is 0 Å². The van der Waals surface area contributed by atoms with Crippen LogP contribution in [0, 0.1) is 0 Å². The molecule has 0 aliphatic carbocycles. The second kappa shape index (κ2) is 3.62. The van der Waals surface area contributed by atoms with Crippen LogP contribution < -0.4 is 0 Å². The van der Waals surface area contributed by atoms with E-state index in [1.54, 1.807) is 0 Å². The molecule has 2 nitrogen and oxygen atoms in total. The normalized spacial score (nSPS) is 34.6. The van der Waals surface area contributed by atoms with Crippen molar-refractivity contribution in [1.82, 2.24) is 4.90 Å². The first kappa shape index (κ1) is 8.95. The fourth-order valence-corrected chi connectivity index (χ4v) is 2.63. The Morgan fingerprint density at radius 1 is 1.54 bits per heavy atom. The standard InChI is InChI=1S/C11H17NO/c1-2-5-10-11(13)8-9-6-3-4-7-12(9)10/h2,9-10H,1,3-8H2/t9-,10-/m0/s1. The van der Waals surface area contributed by atoms with Gasteiger partial charge in [0, 0.05) is 12.5 Å². The number of rotatable bonds is 2. The van der Waals surface area contributed by atoms with Crippen LogP contribution in [0.4, 0.5) is 0 Å². The lowest BCUT2D eigenvalue weighted by Gasteiger charge is -2.32. The minimum atomic E-state index is 0.169. The lowest BCUT2D eigenvalue weighted by molar-refractivity contribution is -0.119. The van der Waals surface area contributed by atoms with Gasteiger partial charge in [-0.15, -0.1) is 6.58 Å². The summed E-state index contributed by atoms with van der Waals surface area (Å²) in [6, 6.07) is 0.731.